The molecule has 15 heavy (non-hydrogen) atoms. The van der Waals surface area contributed by atoms with E-state index in [4.69, 9.17) is 0 Å². The summed E-state index contributed by atoms with van der Waals surface area (Å²) in [5, 5.41) is 5.36. The summed E-state index contributed by atoms with van der Waals surface area (Å²) in [4.78, 5) is 22.3. The molecular formula is C10H18N2O2S. The van der Waals surface area contributed by atoms with E-state index < -0.39 is 6.04 Å². The Labute approximate surface area is 95.6 Å². The second-order valence-corrected chi connectivity index (χ2v) is 4.32. The molecule has 1 aliphatic carbocycles. The van der Waals surface area contributed by atoms with Crippen molar-refractivity contribution in [3.8, 4) is 0 Å². The molecule has 0 radical (unpaired) electrons. The van der Waals surface area contributed by atoms with Gasteiger partial charge in [-0.3, -0.25) is 9.59 Å². The van der Waals surface area contributed by atoms with E-state index in [2.05, 4.69) is 23.3 Å². The topological polar surface area (TPSA) is 58.2 Å². The van der Waals surface area contributed by atoms with Gasteiger partial charge in [-0.1, -0.05) is 12.8 Å². The highest BCUT2D eigenvalue weighted by atomic mass is 32.1. The number of carbonyl (C=O) groups is 2. The molecule has 2 amide bonds. The minimum absolute atomic E-state index is 0.138. The molecule has 0 heterocycles. The number of hydrogen-bond donors (Lipinski definition) is 3. The molecular weight excluding hydrogens is 212 g/mol. The molecule has 0 aromatic rings. The van der Waals surface area contributed by atoms with Gasteiger partial charge in [0.05, 0.1) is 0 Å². The number of rotatable bonds is 6. The average molecular weight is 230 g/mol. The number of amides is 2. The Kier molecular flexibility index (Phi) is 4.94. The number of thiol groups is 1. The van der Waals surface area contributed by atoms with Crippen molar-refractivity contribution in [1.29, 1.82) is 0 Å². The maximum Gasteiger partial charge on any atom is 0.243 e. The molecule has 0 bridgehead atoms. The summed E-state index contributed by atoms with van der Waals surface area (Å²) in [5.74, 6) is 0.794. The molecule has 1 unspecified atom stereocenters. The van der Waals surface area contributed by atoms with Crippen molar-refractivity contribution in [3.05, 3.63) is 0 Å². The van der Waals surface area contributed by atoms with E-state index in [-0.39, 0.29) is 11.8 Å². The van der Waals surface area contributed by atoms with Crippen LogP contribution < -0.4 is 10.6 Å². The fourth-order valence-corrected chi connectivity index (χ4v) is 1.63. The summed E-state index contributed by atoms with van der Waals surface area (Å²) in [6.45, 7) is 2.10. The van der Waals surface area contributed by atoms with Crippen LogP contribution in [-0.2, 0) is 9.59 Å². The van der Waals surface area contributed by atoms with E-state index >= 15 is 0 Å². The van der Waals surface area contributed by atoms with E-state index in [9.17, 15) is 9.59 Å². The Hall–Kier alpha value is -0.710. The highest BCUT2D eigenvalue weighted by molar-refractivity contribution is 7.80. The zero-order valence-corrected chi connectivity index (χ0v) is 9.85. The van der Waals surface area contributed by atoms with Crippen LogP contribution in [0.4, 0.5) is 0 Å². The summed E-state index contributed by atoms with van der Waals surface area (Å²) in [5.41, 5.74) is 0. The second-order valence-electron chi connectivity index (χ2n) is 3.96. The van der Waals surface area contributed by atoms with Crippen LogP contribution in [0.1, 0.15) is 26.2 Å². The van der Waals surface area contributed by atoms with Gasteiger partial charge in [-0.25, -0.2) is 0 Å². The zero-order valence-electron chi connectivity index (χ0n) is 8.95. The highest BCUT2D eigenvalue weighted by Gasteiger charge is 2.22. The number of carbonyl (C=O) groups excluding carboxylic acids is 2. The van der Waals surface area contributed by atoms with E-state index in [1.54, 1.807) is 0 Å². The summed E-state index contributed by atoms with van der Waals surface area (Å²) in [7, 11) is 0. The van der Waals surface area contributed by atoms with E-state index in [0.29, 0.717) is 12.3 Å². The van der Waals surface area contributed by atoms with Gasteiger partial charge < -0.3 is 10.6 Å². The minimum atomic E-state index is -0.509. The van der Waals surface area contributed by atoms with Gasteiger partial charge in [-0.05, 0) is 12.3 Å². The van der Waals surface area contributed by atoms with Gasteiger partial charge in [0.1, 0.15) is 6.04 Å². The summed E-state index contributed by atoms with van der Waals surface area (Å²) < 4.78 is 0. The molecule has 1 aliphatic rings. The van der Waals surface area contributed by atoms with Crippen LogP contribution in [0.3, 0.4) is 0 Å². The molecule has 1 saturated carbocycles. The van der Waals surface area contributed by atoms with Gasteiger partial charge in [0.2, 0.25) is 11.8 Å². The molecule has 0 aromatic carbocycles. The van der Waals surface area contributed by atoms with Crippen LogP contribution in [0.2, 0.25) is 0 Å². The van der Waals surface area contributed by atoms with Crippen LogP contribution in [0.25, 0.3) is 0 Å². The molecule has 2 N–H and O–H groups in total. The van der Waals surface area contributed by atoms with E-state index in [1.165, 1.54) is 19.8 Å². The van der Waals surface area contributed by atoms with Gasteiger partial charge in [0, 0.05) is 19.2 Å². The Morgan fingerprint density at radius 1 is 1.47 bits per heavy atom. The third-order valence-corrected chi connectivity index (χ3v) is 2.79. The first kappa shape index (κ1) is 12.4. The molecule has 4 nitrogen and oxygen atoms in total. The van der Waals surface area contributed by atoms with Gasteiger partial charge in [0.15, 0.2) is 0 Å². The zero-order chi connectivity index (χ0) is 11.3. The lowest BCUT2D eigenvalue weighted by molar-refractivity contribution is -0.127. The van der Waals surface area contributed by atoms with Crippen molar-refractivity contribution in [2.45, 2.75) is 32.2 Å². The van der Waals surface area contributed by atoms with Gasteiger partial charge >= 0.3 is 0 Å². The molecule has 5 heteroatoms. The summed E-state index contributed by atoms with van der Waals surface area (Å²) in [6, 6.07) is -0.509. The van der Waals surface area contributed by atoms with Crippen LogP contribution >= 0.6 is 12.6 Å². The third-order valence-electron chi connectivity index (χ3n) is 2.43. The summed E-state index contributed by atoms with van der Waals surface area (Å²) in [6.07, 6.45) is 3.63. The maximum absolute atomic E-state index is 11.5. The first-order valence-corrected chi connectivity index (χ1v) is 5.92. The lowest BCUT2D eigenvalue weighted by atomic mass is 10.2. The quantitative estimate of drug-likeness (QED) is 0.576. The van der Waals surface area contributed by atoms with E-state index in [0.717, 1.165) is 12.3 Å². The minimum Gasteiger partial charge on any atom is -0.354 e. The van der Waals surface area contributed by atoms with Crippen molar-refractivity contribution >= 4 is 24.4 Å². The lowest BCUT2D eigenvalue weighted by Crippen LogP contribution is -2.47. The molecule has 0 aromatic heterocycles. The van der Waals surface area contributed by atoms with Gasteiger partial charge in [-0.2, -0.15) is 12.6 Å². The molecule has 0 aliphatic heterocycles. The average Bonchev–Trinajstić information content (AvgIpc) is 2.97. The van der Waals surface area contributed by atoms with E-state index in [1.807, 2.05) is 0 Å². The Morgan fingerprint density at radius 3 is 2.60 bits per heavy atom. The normalized spacial score (nSPS) is 16.9. The molecule has 0 saturated heterocycles. The number of hydrogen-bond acceptors (Lipinski definition) is 3. The van der Waals surface area contributed by atoms with Crippen LogP contribution in [-0.4, -0.2) is 30.2 Å². The molecule has 1 atom stereocenters. The monoisotopic (exact) mass is 230 g/mol. The fourth-order valence-electron chi connectivity index (χ4n) is 1.37. The Morgan fingerprint density at radius 2 is 2.13 bits per heavy atom. The van der Waals surface area contributed by atoms with Gasteiger partial charge in [-0.15, -0.1) is 0 Å². The first-order valence-electron chi connectivity index (χ1n) is 5.29. The second kappa shape index (κ2) is 6.00. The van der Waals surface area contributed by atoms with Crippen molar-refractivity contribution in [2.24, 2.45) is 5.92 Å². The first-order chi connectivity index (χ1) is 7.13. The molecule has 1 rings (SSSR count). The molecule has 0 spiro atoms. The SMILES string of the molecule is CC(=O)NC(CS)C(=O)NCCC1CC1. The van der Waals surface area contributed by atoms with Crippen molar-refractivity contribution in [3.63, 3.8) is 0 Å². The molecule has 86 valence electrons. The predicted octanol–water partition coefficient (Wildman–Crippen LogP) is 0.337. The van der Waals surface area contributed by atoms with Gasteiger partial charge in [0.25, 0.3) is 0 Å². The van der Waals surface area contributed by atoms with Crippen LogP contribution in [0, 0.1) is 5.92 Å². The Balaban J connectivity index is 2.18. The maximum atomic E-state index is 11.5. The standard InChI is InChI=1S/C10H18N2O2S/c1-7(13)12-9(6-15)10(14)11-5-4-8-2-3-8/h8-9,15H,2-6H2,1H3,(H,11,14)(H,12,13). The highest BCUT2D eigenvalue weighted by Crippen LogP contribution is 2.31. The smallest absolute Gasteiger partial charge is 0.243 e. The largest absolute Gasteiger partial charge is 0.354 e. The third kappa shape index (κ3) is 5.06. The van der Waals surface area contributed by atoms with Crippen LogP contribution in [0.5, 0.6) is 0 Å². The van der Waals surface area contributed by atoms with Crippen molar-refractivity contribution in [1.82, 2.24) is 10.6 Å². The van der Waals surface area contributed by atoms with Crippen molar-refractivity contribution < 1.29 is 9.59 Å². The fraction of sp³-hybridized carbons (Fsp3) is 0.800. The number of nitrogens with one attached hydrogen (secondary N) is 2. The van der Waals surface area contributed by atoms with Crippen LogP contribution in [0.15, 0.2) is 0 Å². The lowest BCUT2D eigenvalue weighted by Gasteiger charge is -2.15. The van der Waals surface area contributed by atoms with Crippen molar-refractivity contribution in [2.75, 3.05) is 12.3 Å². The Bertz CT molecular complexity index is 242. The predicted molar refractivity (Wildman–Crippen MR) is 61.8 cm³/mol. The summed E-state index contributed by atoms with van der Waals surface area (Å²) >= 11 is 4.03. The molecule has 1 fully saturated rings.